The van der Waals surface area contributed by atoms with Gasteiger partial charge in [-0.3, -0.25) is 4.90 Å². The van der Waals surface area contributed by atoms with E-state index in [0.717, 1.165) is 38.6 Å². The van der Waals surface area contributed by atoms with E-state index in [1.807, 2.05) is 0 Å². The molecule has 2 fully saturated rings. The Balaban J connectivity index is 1.91. The van der Waals surface area contributed by atoms with Gasteiger partial charge < -0.3 is 9.84 Å². The highest BCUT2D eigenvalue weighted by molar-refractivity contribution is 4.83. The number of aliphatic hydroxyl groups is 1. The Morgan fingerprint density at radius 2 is 1.56 bits per heavy atom. The molecule has 16 heavy (non-hydrogen) atoms. The fourth-order valence-corrected chi connectivity index (χ4v) is 3.21. The Bertz CT molecular complexity index is 168. The summed E-state index contributed by atoms with van der Waals surface area (Å²) in [6.07, 6.45) is 9.10. The third-order valence-electron chi connectivity index (χ3n) is 4.06. The molecule has 1 N–H and O–H groups in total. The minimum atomic E-state index is 0.299. The first-order valence-electron chi connectivity index (χ1n) is 6.86. The Kier molecular flexibility index (Phi) is 5.07. The van der Waals surface area contributed by atoms with E-state index in [0.29, 0.717) is 12.6 Å². The van der Waals surface area contributed by atoms with Crippen molar-refractivity contribution in [1.82, 2.24) is 4.90 Å². The fraction of sp³-hybridized carbons (Fsp3) is 1.00. The highest BCUT2D eigenvalue weighted by Gasteiger charge is 2.28. The molecule has 1 aliphatic carbocycles. The molecule has 0 amide bonds. The van der Waals surface area contributed by atoms with Crippen LogP contribution in [0.15, 0.2) is 0 Å². The van der Waals surface area contributed by atoms with Gasteiger partial charge in [0.2, 0.25) is 0 Å². The average molecular weight is 227 g/mol. The van der Waals surface area contributed by atoms with Crippen LogP contribution in [-0.2, 0) is 4.74 Å². The summed E-state index contributed by atoms with van der Waals surface area (Å²) in [4.78, 5) is 2.57. The Morgan fingerprint density at radius 1 is 0.938 bits per heavy atom. The minimum Gasteiger partial charge on any atom is -0.395 e. The van der Waals surface area contributed by atoms with Gasteiger partial charge in [-0.05, 0) is 25.7 Å². The van der Waals surface area contributed by atoms with Crippen molar-refractivity contribution in [2.45, 2.75) is 57.0 Å². The lowest BCUT2D eigenvalue weighted by Crippen LogP contribution is -2.47. The Morgan fingerprint density at radius 3 is 2.19 bits per heavy atom. The molecule has 3 nitrogen and oxygen atoms in total. The number of nitrogens with zero attached hydrogens (tertiary/aromatic N) is 1. The van der Waals surface area contributed by atoms with Crippen LogP contribution in [0.3, 0.4) is 0 Å². The molecule has 0 aromatic rings. The van der Waals surface area contributed by atoms with Crippen LogP contribution < -0.4 is 0 Å². The van der Waals surface area contributed by atoms with E-state index in [1.165, 1.54) is 32.1 Å². The van der Waals surface area contributed by atoms with E-state index >= 15 is 0 Å². The zero-order chi connectivity index (χ0) is 11.2. The van der Waals surface area contributed by atoms with E-state index in [2.05, 4.69) is 4.90 Å². The Labute approximate surface area is 98.8 Å². The van der Waals surface area contributed by atoms with Crippen LogP contribution in [0, 0.1) is 0 Å². The van der Waals surface area contributed by atoms with Gasteiger partial charge >= 0.3 is 0 Å². The lowest BCUT2D eigenvalue weighted by atomic mass is 9.92. The lowest BCUT2D eigenvalue weighted by Gasteiger charge is -2.41. The topological polar surface area (TPSA) is 32.7 Å². The maximum absolute atomic E-state index is 9.23. The largest absolute Gasteiger partial charge is 0.395 e. The monoisotopic (exact) mass is 227 g/mol. The third kappa shape index (κ3) is 3.19. The molecule has 1 saturated carbocycles. The third-order valence-corrected chi connectivity index (χ3v) is 4.06. The van der Waals surface area contributed by atoms with Crippen LogP contribution in [0.2, 0.25) is 0 Å². The molecular formula is C13H25NO2. The molecule has 94 valence electrons. The number of rotatable bonds is 4. The lowest BCUT2D eigenvalue weighted by molar-refractivity contribution is 0.00214. The first-order valence-corrected chi connectivity index (χ1v) is 6.86. The second-order valence-corrected chi connectivity index (χ2v) is 5.10. The molecule has 3 heteroatoms. The van der Waals surface area contributed by atoms with Gasteiger partial charge in [0.1, 0.15) is 0 Å². The summed E-state index contributed by atoms with van der Waals surface area (Å²) in [7, 11) is 0. The van der Waals surface area contributed by atoms with Gasteiger partial charge in [-0.15, -0.1) is 0 Å². The normalized spacial score (nSPS) is 25.1. The van der Waals surface area contributed by atoms with Gasteiger partial charge in [-0.25, -0.2) is 0 Å². The van der Waals surface area contributed by atoms with Gasteiger partial charge in [-0.2, -0.15) is 0 Å². The first-order chi connectivity index (χ1) is 7.92. The van der Waals surface area contributed by atoms with E-state index in [9.17, 15) is 5.11 Å². The first kappa shape index (κ1) is 12.3. The van der Waals surface area contributed by atoms with Crippen LogP contribution in [0.4, 0.5) is 0 Å². The molecule has 0 unspecified atom stereocenters. The molecule has 0 aromatic carbocycles. The summed E-state index contributed by atoms with van der Waals surface area (Å²) >= 11 is 0. The molecule has 0 radical (unpaired) electrons. The molecule has 2 aliphatic rings. The highest BCUT2D eigenvalue weighted by atomic mass is 16.5. The number of ether oxygens (including phenoxy) is 1. The zero-order valence-corrected chi connectivity index (χ0v) is 10.2. The average Bonchev–Trinajstić information content (AvgIpc) is 2.38. The SMILES string of the molecule is OCCN(C1CCCCC1)C1CCOCC1. The van der Waals surface area contributed by atoms with Gasteiger partial charge in [0.25, 0.3) is 0 Å². The summed E-state index contributed by atoms with van der Waals surface area (Å²) in [5.41, 5.74) is 0. The van der Waals surface area contributed by atoms with Crippen LogP contribution in [0.1, 0.15) is 44.9 Å². The van der Waals surface area contributed by atoms with Gasteiger partial charge in [0.05, 0.1) is 6.61 Å². The molecule has 1 saturated heterocycles. The molecule has 2 rings (SSSR count). The van der Waals surface area contributed by atoms with Gasteiger partial charge in [0.15, 0.2) is 0 Å². The molecule has 1 heterocycles. The predicted octanol–water partition coefficient (Wildman–Crippen LogP) is 1.79. The van der Waals surface area contributed by atoms with E-state index in [-0.39, 0.29) is 0 Å². The highest BCUT2D eigenvalue weighted by Crippen LogP contribution is 2.26. The maximum Gasteiger partial charge on any atom is 0.0558 e. The second kappa shape index (κ2) is 6.58. The second-order valence-electron chi connectivity index (χ2n) is 5.10. The van der Waals surface area contributed by atoms with Crippen molar-refractivity contribution in [2.24, 2.45) is 0 Å². The smallest absolute Gasteiger partial charge is 0.0558 e. The van der Waals surface area contributed by atoms with Crippen LogP contribution >= 0.6 is 0 Å². The van der Waals surface area contributed by atoms with Gasteiger partial charge in [0, 0.05) is 31.8 Å². The molecule has 0 aromatic heterocycles. The van der Waals surface area contributed by atoms with Crippen molar-refractivity contribution in [3.8, 4) is 0 Å². The molecule has 0 atom stereocenters. The molecule has 0 spiro atoms. The van der Waals surface area contributed by atoms with Crippen LogP contribution in [0.5, 0.6) is 0 Å². The van der Waals surface area contributed by atoms with Crippen molar-refractivity contribution in [1.29, 1.82) is 0 Å². The van der Waals surface area contributed by atoms with Crippen molar-refractivity contribution in [3.63, 3.8) is 0 Å². The zero-order valence-electron chi connectivity index (χ0n) is 10.2. The standard InChI is InChI=1S/C13H25NO2/c15-9-8-14(12-4-2-1-3-5-12)13-6-10-16-11-7-13/h12-13,15H,1-11H2. The van der Waals surface area contributed by atoms with Crippen molar-refractivity contribution in [2.75, 3.05) is 26.4 Å². The van der Waals surface area contributed by atoms with E-state index < -0.39 is 0 Å². The summed E-state index contributed by atoms with van der Waals surface area (Å²) in [6.45, 7) is 2.96. The molecule has 1 aliphatic heterocycles. The maximum atomic E-state index is 9.23. The minimum absolute atomic E-state index is 0.299. The van der Waals surface area contributed by atoms with E-state index in [1.54, 1.807) is 0 Å². The molecule has 0 bridgehead atoms. The summed E-state index contributed by atoms with van der Waals surface area (Å²) < 4.78 is 5.43. The van der Waals surface area contributed by atoms with E-state index in [4.69, 9.17) is 4.74 Å². The van der Waals surface area contributed by atoms with Crippen molar-refractivity contribution < 1.29 is 9.84 Å². The fourth-order valence-electron chi connectivity index (χ4n) is 3.21. The van der Waals surface area contributed by atoms with Crippen molar-refractivity contribution in [3.05, 3.63) is 0 Å². The molecular weight excluding hydrogens is 202 g/mol. The quantitative estimate of drug-likeness (QED) is 0.795. The number of aliphatic hydroxyl groups excluding tert-OH is 1. The van der Waals surface area contributed by atoms with Crippen LogP contribution in [-0.4, -0.2) is 48.5 Å². The number of hydrogen-bond donors (Lipinski definition) is 1. The summed E-state index contributed by atoms with van der Waals surface area (Å²) in [5.74, 6) is 0. The summed E-state index contributed by atoms with van der Waals surface area (Å²) in [6, 6.07) is 1.38. The van der Waals surface area contributed by atoms with Crippen molar-refractivity contribution >= 4 is 0 Å². The van der Waals surface area contributed by atoms with Gasteiger partial charge in [-0.1, -0.05) is 19.3 Å². The Hall–Kier alpha value is -0.120. The predicted molar refractivity (Wildman–Crippen MR) is 64.5 cm³/mol. The summed E-state index contributed by atoms with van der Waals surface area (Å²) in [5, 5.41) is 9.23. The number of hydrogen-bond acceptors (Lipinski definition) is 3. The van der Waals surface area contributed by atoms with Crippen LogP contribution in [0.25, 0.3) is 0 Å².